The molecule has 4 aromatic rings. The van der Waals surface area contributed by atoms with E-state index in [4.69, 9.17) is 9.84 Å². The zero-order chi connectivity index (χ0) is 20.9. The van der Waals surface area contributed by atoms with Gasteiger partial charge in [0.2, 0.25) is 0 Å². The average Bonchev–Trinajstić information content (AvgIpc) is 3.28. The van der Waals surface area contributed by atoms with Crippen molar-refractivity contribution in [2.24, 2.45) is 0 Å². The fraction of sp³-hybridized carbons (Fsp3) is 0.292. The largest absolute Gasteiger partial charge is 0.379 e. The Kier molecular flexibility index (Phi) is 5.86. The zero-order valence-electron chi connectivity index (χ0n) is 17.4. The molecule has 0 aliphatic carbocycles. The number of rotatable bonds is 7. The second kappa shape index (κ2) is 9.24. The van der Waals surface area contributed by atoms with Gasteiger partial charge in [-0.1, -0.05) is 30.3 Å². The van der Waals surface area contributed by atoms with Crippen molar-refractivity contribution < 1.29 is 4.74 Å². The third kappa shape index (κ3) is 4.57. The molecule has 0 atom stereocenters. The van der Waals surface area contributed by atoms with Crippen molar-refractivity contribution in [2.75, 3.05) is 44.7 Å². The van der Waals surface area contributed by atoms with Crippen LogP contribution in [0.5, 0.6) is 0 Å². The molecule has 0 bridgehead atoms. The van der Waals surface area contributed by atoms with Gasteiger partial charge in [-0.25, -0.2) is 14.5 Å². The minimum absolute atomic E-state index is 0.827. The lowest BCUT2D eigenvalue weighted by Crippen LogP contribution is -2.37. The quantitative estimate of drug-likeness (QED) is 0.466. The summed E-state index contributed by atoms with van der Waals surface area (Å²) in [6.45, 7) is 5.71. The SMILES string of the molecule is c1ccc(-c2ccnc3cc(-c4ccnc(NCCCN5CCOCC5)c4)nn23)cc1. The Labute approximate surface area is 181 Å². The van der Waals surface area contributed by atoms with E-state index in [9.17, 15) is 0 Å². The Hall–Kier alpha value is -3.29. The molecular weight excluding hydrogens is 388 g/mol. The Morgan fingerprint density at radius 3 is 2.61 bits per heavy atom. The molecule has 158 valence electrons. The maximum atomic E-state index is 5.41. The van der Waals surface area contributed by atoms with Crippen LogP contribution in [0.15, 0.2) is 67.0 Å². The molecule has 5 rings (SSSR count). The summed E-state index contributed by atoms with van der Waals surface area (Å²) in [7, 11) is 0. The van der Waals surface area contributed by atoms with E-state index in [1.807, 2.05) is 53.3 Å². The predicted octanol–water partition coefficient (Wildman–Crippen LogP) is 3.59. The molecule has 0 unspecified atom stereocenters. The number of morpholine rings is 1. The highest BCUT2D eigenvalue weighted by molar-refractivity contribution is 5.69. The van der Waals surface area contributed by atoms with Gasteiger partial charge in [-0.05, 0) is 31.2 Å². The van der Waals surface area contributed by atoms with Crippen LogP contribution in [0.25, 0.3) is 28.2 Å². The number of anilines is 1. The van der Waals surface area contributed by atoms with E-state index >= 15 is 0 Å². The van der Waals surface area contributed by atoms with E-state index in [1.165, 1.54) is 0 Å². The van der Waals surface area contributed by atoms with Gasteiger partial charge < -0.3 is 10.1 Å². The Morgan fingerprint density at radius 1 is 0.903 bits per heavy atom. The molecule has 0 saturated carbocycles. The van der Waals surface area contributed by atoms with Crippen molar-refractivity contribution in [3.8, 4) is 22.5 Å². The Bertz CT molecular complexity index is 1140. The van der Waals surface area contributed by atoms with Crippen LogP contribution in [0.2, 0.25) is 0 Å². The Morgan fingerprint density at radius 2 is 1.74 bits per heavy atom. The number of hydrogen-bond donors (Lipinski definition) is 1. The predicted molar refractivity (Wildman–Crippen MR) is 122 cm³/mol. The number of hydrogen-bond acceptors (Lipinski definition) is 6. The van der Waals surface area contributed by atoms with Crippen LogP contribution in [0, 0.1) is 0 Å². The lowest BCUT2D eigenvalue weighted by atomic mass is 10.1. The maximum absolute atomic E-state index is 5.41. The third-order valence-electron chi connectivity index (χ3n) is 5.54. The minimum Gasteiger partial charge on any atom is -0.379 e. The van der Waals surface area contributed by atoms with Crippen molar-refractivity contribution >= 4 is 11.5 Å². The molecule has 7 heteroatoms. The molecule has 3 aromatic heterocycles. The van der Waals surface area contributed by atoms with Crippen LogP contribution in [0.4, 0.5) is 5.82 Å². The third-order valence-corrected chi connectivity index (χ3v) is 5.54. The maximum Gasteiger partial charge on any atom is 0.156 e. The van der Waals surface area contributed by atoms with Gasteiger partial charge in [-0.15, -0.1) is 0 Å². The van der Waals surface area contributed by atoms with E-state index in [0.717, 1.165) is 79.8 Å². The summed E-state index contributed by atoms with van der Waals surface area (Å²) in [6, 6.07) is 18.3. The number of ether oxygens (including phenoxy) is 1. The van der Waals surface area contributed by atoms with Gasteiger partial charge >= 0.3 is 0 Å². The van der Waals surface area contributed by atoms with Crippen LogP contribution in [0.3, 0.4) is 0 Å². The zero-order valence-corrected chi connectivity index (χ0v) is 17.4. The van der Waals surface area contributed by atoms with Gasteiger partial charge in [0.05, 0.1) is 24.6 Å². The van der Waals surface area contributed by atoms with Crippen molar-refractivity contribution in [2.45, 2.75) is 6.42 Å². The lowest BCUT2D eigenvalue weighted by Gasteiger charge is -2.26. The van der Waals surface area contributed by atoms with Crippen molar-refractivity contribution in [3.05, 3.63) is 67.0 Å². The van der Waals surface area contributed by atoms with Gasteiger partial charge in [0.1, 0.15) is 5.82 Å². The summed E-state index contributed by atoms with van der Waals surface area (Å²) in [4.78, 5) is 11.4. The molecule has 7 nitrogen and oxygen atoms in total. The van der Waals surface area contributed by atoms with Crippen LogP contribution in [-0.2, 0) is 4.74 Å². The standard InChI is InChI=1S/C24H26N6O/c1-2-5-19(6-3-1)22-8-11-27-24-18-21(28-30(22)24)20-7-10-26-23(17-20)25-9-4-12-29-13-15-31-16-14-29/h1-3,5-8,10-11,17-18H,4,9,12-16H2,(H,25,26). The highest BCUT2D eigenvalue weighted by Crippen LogP contribution is 2.25. The monoisotopic (exact) mass is 414 g/mol. The van der Waals surface area contributed by atoms with Gasteiger partial charge in [-0.3, -0.25) is 4.90 Å². The van der Waals surface area contributed by atoms with Gasteiger partial charge in [0.25, 0.3) is 0 Å². The van der Waals surface area contributed by atoms with Crippen molar-refractivity contribution in [1.82, 2.24) is 24.5 Å². The molecule has 1 aliphatic rings. The molecule has 1 saturated heterocycles. The summed E-state index contributed by atoms with van der Waals surface area (Å²) in [5, 5.41) is 8.28. The number of pyridine rings is 1. The molecule has 1 aliphatic heterocycles. The number of fused-ring (bicyclic) bond motifs is 1. The minimum atomic E-state index is 0.827. The second-order valence-corrected chi connectivity index (χ2v) is 7.66. The normalized spacial score (nSPS) is 14.7. The highest BCUT2D eigenvalue weighted by atomic mass is 16.5. The van der Waals surface area contributed by atoms with Gasteiger partial charge in [-0.2, -0.15) is 5.10 Å². The average molecular weight is 415 g/mol. The van der Waals surface area contributed by atoms with E-state index in [0.29, 0.717) is 0 Å². The van der Waals surface area contributed by atoms with Crippen LogP contribution in [-0.4, -0.2) is 63.9 Å². The first-order valence-electron chi connectivity index (χ1n) is 10.8. The number of nitrogens with zero attached hydrogens (tertiary/aromatic N) is 5. The van der Waals surface area contributed by atoms with Crippen molar-refractivity contribution in [3.63, 3.8) is 0 Å². The summed E-state index contributed by atoms with van der Waals surface area (Å²) < 4.78 is 7.31. The summed E-state index contributed by atoms with van der Waals surface area (Å²) in [5.41, 5.74) is 4.87. The van der Waals surface area contributed by atoms with Gasteiger partial charge in [0, 0.05) is 49.2 Å². The smallest absolute Gasteiger partial charge is 0.156 e. The van der Waals surface area contributed by atoms with E-state index in [-0.39, 0.29) is 0 Å². The molecule has 0 radical (unpaired) electrons. The molecule has 4 heterocycles. The van der Waals surface area contributed by atoms with E-state index < -0.39 is 0 Å². The van der Waals surface area contributed by atoms with E-state index in [2.05, 4.69) is 38.4 Å². The second-order valence-electron chi connectivity index (χ2n) is 7.66. The summed E-state index contributed by atoms with van der Waals surface area (Å²) in [6.07, 6.45) is 4.73. The molecule has 1 aromatic carbocycles. The molecule has 1 fully saturated rings. The molecule has 1 N–H and O–H groups in total. The first kappa shape index (κ1) is 19.7. The fourth-order valence-electron chi connectivity index (χ4n) is 3.89. The number of aromatic nitrogens is 4. The van der Waals surface area contributed by atoms with Crippen LogP contribution < -0.4 is 5.32 Å². The lowest BCUT2D eigenvalue weighted by molar-refractivity contribution is 0.0378. The molecule has 0 amide bonds. The topological polar surface area (TPSA) is 67.6 Å². The fourth-order valence-corrected chi connectivity index (χ4v) is 3.89. The van der Waals surface area contributed by atoms with Crippen LogP contribution >= 0.6 is 0 Å². The van der Waals surface area contributed by atoms with Gasteiger partial charge in [0.15, 0.2) is 5.65 Å². The first-order valence-corrected chi connectivity index (χ1v) is 10.8. The highest BCUT2D eigenvalue weighted by Gasteiger charge is 2.11. The van der Waals surface area contributed by atoms with Crippen molar-refractivity contribution in [1.29, 1.82) is 0 Å². The Balaban J connectivity index is 1.30. The first-order chi connectivity index (χ1) is 15.4. The number of benzene rings is 1. The van der Waals surface area contributed by atoms with E-state index in [1.54, 1.807) is 0 Å². The molecule has 0 spiro atoms. The van der Waals surface area contributed by atoms with Crippen LogP contribution in [0.1, 0.15) is 6.42 Å². The molecular formula is C24H26N6O. The summed E-state index contributed by atoms with van der Waals surface area (Å²) in [5.74, 6) is 0.868. The molecule has 31 heavy (non-hydrogen) atoms. The summed E-state index contributed by atoms with van der Waals surface area (Å²) >= 11 is 0. The number of nitrogens with one attached hydrogen (secondary N) is 1.